The Bertz CT molecular complexity index is 374. The molecule has 0 aromatic heterocycles. The predicted molar refractivity (Wildman–Crippen MR) is 77.3 cm³/mol. The first-order valence-electron chi connectivity index (χ1n) is 7.55. The smallest absolute Gasteiger partial charge is 0.240 e. The van der Waals surface area contributed by atoms with Crippen molar-refractivity contribution in [1.29, 1.82) is 0 Å². The number of nitrogens with two attached hydrogens (primary N) is 1. The maximum Gasteiger partial charge on any atom is 0.240 e. The van der Waals surface area contributed by atoms with Gasteiger partial charge < -0.3 is 20.5 Å². The lowest BCUT2D eigenvalue weighted by Gasteiger charge is -2.57. The fourth-order valence-electron chi connectivity index (χ4n) is 3.24. The molecule has 116 valence electrons. The van der Waals surface area contributed by atoms with Crippen molar-refractivity contribution in [2.24, 2.45) is 11.1 Å². The van der Waals surface area contributed by atoms with Crippen LogP contribution in [-0.2, 0) is 14.3 Å². The van der Waals surface area contributed by atoms with E-state index in [0.717, 1.165) is 19.3 Å². The van der Waals surface area contributed by atoms with Crippen molar-refractivity contribution in [2.75, 3.05) is 20.3 Å². The zero-order valence-electron chi connectivity index (χ0n) is 13.1. The lowest BCUT2D eigenvalue weighted by molar-refractivity contribution is -0.172. The van der Waals surface area contributed by atoms with Crippen LogP contribution in [-0.4, -0.2) is 43.4 Å². The van der Waals surface area contributed by atoms with Gasteiger partial charge >= 0.3 is 0 Å². The van der Waals surface area contributed by atoms with Crippen LogP contribution in [0.25, 0.3) is 0 Å². The molecular formula is C15H28N2O3. The summed E-state index contributed by atoms with van der Waals surface area (Å²) in [5, 5.41) is 2.99. The summed E-state index contributed by atoms with van der Waals surface area (Å²) >= 11 is 0. The molecule has 2 aliphatic carbocycles. The van der Waals surface area contributed by atoms with E-state index in [9.17, 15) is 4.79 Å². The second-order valence-corrected chi connectivity index (χ2v) is 6.76. The molecular weight excluding hydrogens is 256 g/mol. The molecule has 0 bridgehead atoms. The highest BCUT2D eigenvalue weighted by atomic mass is 16.5. The van der Waals surface area contributed by atoms with E-state index in [1.54, 1.807) is 7.11 Å². The third kappa shape index (κ3) is 2.26. The molecule has 0 radical (unpaired) electrons. The number of hydrogen-bond acceptors (Lipinski definition) is 4. The topological polar surface area (TPSA) is 73.6 Å². The quantitative estimate of drug-likeness (QED) is 0.769. The Hall–Kier alpha value is -0.650. The van der Waals surface area contributed by atoms with Gasteiger partial charge in [0.25, 0.3) is 0 Å². The molecule has 2 aliphatic rings. The van der Waals surface area contributed by atoms with Gasteiger partial charge in [0.2, 0.25) is 5.91 Å². The number of methoxy groups -OCH3 is 1. The summed E-state index contributed by atoms with van der Waals surface area (Å²) in [4.78, 5) is 12.5. The van der Waals surface area contributed by atoms with Crippen LogP contribution in [0.5, 0.6) is 0 Å². The molecule has 2 rings (SSSR count). The maximum absolute atomic E-state index is 12.5. The molecule has 0 aromatic rings. The number of ether oxygens (including phenoxy) is 2. The second kappa shape index (κ2) is 5.28. The third-order valence-corrected chi connectivity index (χ3v) is 5.50. The van der Waals surface area contributed by atoms with Crippen LogP contribution in [0.4, 0.5) is 0 Å². The van der Waals surface area contributed by atoms with Gasteiger partial charge in [0.15, 0.2) is 0 Å². The van der Waals surface area contributed by atoms with E-state index < -0.39 is 5.54 Å². The number of rotatable bonds is 6. The van der Waals surface area contributed by atoms with E-state index in [2.05, 4.69) is 5.32 Å². The van der Waals surface area contributed by atoms with E-state index in [1.807, 2.05) is 20.8 Å². The Balaban J connectivity index is 1.92. The molecule has 2 unspecified atom stereocenters. The van der Waals surface area contributed by atoms with Crippen LogP contribution in [0, 0.1) is 5.41 Å². The summed E-state index contributed by atoms with van der Waals surface area (Å²) in [6.07, 6.45) is 3.82. The Kier molecular flexibility index (Phi) is 4.15. The van der Waals surface area contributed by atoms with Gasteiger partial charge in [-0.1, -0.05) is 13.8 Å². The SMILES string of the molecule is CCOC1CC(N)(C(=O)NCC2(OC)CCC2)C1(C)C. The Morgan fingerprint density at radius 2 is 2.05 bits per heavy atom. The molecule has 0 saturated heterocycles. The molecule has 2 atom stereocenters. The van der Waals surface area contributed by atoms with E-state index in [1.165, 1.54) is 0 Å². The Labute approximate surface area is 121 Å². The lowest BCUT2D eigenvalue weighted by Crippen LogP contribution is -2.76. The first-order valence-corrected chi connectivity index (χ1v) is 7.55. The zero-order chi connectivity index (χ0) is 15.0. The number of hydrogen-bond donors (Lipinski definition) is 2. The van der Waals surface area contributed by atoms with E-state index in [0.29, 0.717) is 19.6 Å². The van der Waals surface area contributed by atoms with Crippen LogP contribution in [0.1, 0.15) is 46.5 Å². The van der Waals surface area contributed by atoms with Crippen molar-refractivity contribution >= 4 is 5.91 Å². The van der Waals surface area contributed by atoms with E-state index in [-0.39, 0.29) is 23.0 Å². The standard InChI is InChI=1S/C15H28N2O3/c1-5-20-11-9-15(16,13(11,2)3)12(18)17-10-14(19-4)7-6-8-14/h11H,5-10,16H2,1-4H3,(H,17,18). The van der Waals surface area contributed by atoms with Crippen LogP contribution in [0.3, 0.4) is 0 Å². The highest BCUT2D eigenvalue weighted by Crippen LogP contribution is 2.50. The van der Waals surface area contributed by atoms with Gasteiger partial charge in [-0.05, 0) is 26.2 Å². The van der Waals surface area contributed by atoms with E-state index >= 15 is 0 Å². The number of carbonyl (C=O) groups is 1. The molecule has 0 heterocycles. The average Bonchev–Trinajstić information content (AvgIpc) is 2.37. The minimum absolute atomic E-state index is 0.0586. The van der Waals surface area contributed by atoms with Gasteiger partial charge in [0.05, 0.1) is 11.7 Å². The largest absolute Gasteiger partial charge is 0.378 e. The van der Waals surface area contributed by atoms with Crippen molar-refractivity contribution in [3.05, 3.63) is 0 Å². The predicted octanol–water partition coefficient (Wildman–Crippen LogP) is 1.20. The molecule has 2 saturated carbocycles. The minimum atomic E-state index is -0.842. The monoisotopic (exact) mass is 284 g/mol. The Morgan fingerprint density at radius 1 is 1.40 bits per heavy atom. The normalized spacial score (nSPS) is 34.0. The van der Waals surface area contributed by atoms with Crippen LogP contribution < -0.4 is 11.1 Å². The van der Waals surface area contributed by atoms with Crippen molar-refractivity contribution in [2.45, 2.75) is 63.7 Å². The summed E-state index contributed by atoms with van der Waals surface area (Å²) in [5.74, 6) is -0.0817. The maximum atomic E-state index is 12.5. The molecule has 5 heteroatoms. The highest BCUT2D eigenvalue weighted by Gasteiger charge is 2.63. The molecule has 0 aliphatic heterocycles. The molecule has 1 amide bonds. The fourth-order valence-corrected chi connectivity index (χ4v) is 3.24. The summed E-state index contributed by atoms with van der Waals surface area (Å²) in [6.45, 7) is 7.18. The zero-order valence-corrected chi connectivity index (χ0v) is 13.1. The molecule has 0 aromatic carbocycles. The average molecular weight is 284 g/mol. The molecule has 5 nitrogen and oxygen atoms in total. The van der Waals surface area contributed by atoms with Gasteiger partial charge in [-0.25, -0.2) is 0 Å². The van der Waals surface area contributed by atoms with Gasteiger partial charge in [-0.15, -0.1) is 0 Å². The van der Waals surface area contributed by atoms with Gasteiger partial charge in [-0.2, -0.15) is 0 Å². The summed E-state index contributed by atoms with van der Waals surface area (Å²) in [5.41, 5.74) is 4.99. The molecule has 20 heavy (non-hydrogen) atoms. The second-order valence-electron chi connectivity index (χ2n) is 6.76. The summed E-state index contributed by atoms with van der Waals surface area (Å²) < 4.78 is 11.2. The van der Waals surface area contributed by atoms with Gasteiger partial charge in [0, 0.05) is 32.1 Å². The number of amides is 1. The molecule has 2 fully saturated rings. The third-order valence-electron chi connectivity index (χ3n) is 5.50. The minimum Gasteiger partial charge on any atom is -0.378 e. The first kappa shape index (κ1) is 15.7. The Morgan fingerprint density at radius 3 is 2.45 bits per heavy atom. The number of nitrogens with one attached hydrogen (secondary N) is 1. The van der Waals surface area contributed by atoms with Crippen LogP contribution in [0.15, 0.2) is 0 Å². The fraction of sp³-hybridized carbons (Fsp3) is 0.933. The van der Waals surface area contributed by atoms with Crippen molar-refractivity contribution in [1.82, 2.24) is 5.32 Å². The summed E-state index contributed by atoms with van der Waals surface area (Å²) in [6, 6.07) is 0. The van der Waals surface area contributed by atoms with Crippen molar-refractivity contribution < 1.29 is 14.3 Å². The van der Waals surface area contributed by atoms with E-state index in [4.69, 9.17) is 15.2 Å². The number of carbonyl (C=O) groups excluding carboxylic acids is 1. The molecule has 3 N–H and O–H groups in total. The van der Waals surface area contributed by atoms with Crippen molar-refractivity contribution in [3.8, 4) is 0 Å². The molecule has 0 spiro atoms. The lowest BCUT2D eigenvalue weighted by atomic mass is 9.54. The van der Waals surface area contributed by atoms with Crippen LogP contribution in [0.2, 0.25) is 0 Å². The van der Waals surface area contributed by atoms with Crippen LogP contribution >= 0.6 is 0 Å². The van der Waals surface area contributed by atoms with Gasteiger partial charge in [0.1, 0.15) is 5.54 Å². The summed E-state index contributed by atoms with van der Waals surface area (Å²) in [7, 11) is 1.71. The highest BCUT2D eigenvalue weighted by molar-refractivity contribution is 5.88. The van der Waals surface area contributed by atoms with Crippen molar-refractivity contribution in [3.63, 3.8) is 0 Å². The van der Waals surface area contributed by atoms with Gasteiger partial charge in [-0.3, -0.25) is 4.79 Å². The first-order chi connectivity index (χ1) is 9.31.